The van der Waals surface area contributed by atoms with Crippen LogP contribution in [0, 0.1) is 5.92 Å². The van der Waals surface area contributed by atoms with Gasteiger partial charge in [-0.15, -0.1) is 0 Å². The molecule has 12 heavy (non-hydrogen) atoms. The van der Waals surface area contributed by atoms with Gasteiger partial charge in [-0.1, -0.05) is 6.08 Å². The van der Waals surface area contributed by atoms with E-state index in [1.807, 2.05) is 12.2 Å². The molecule has 2 heteroatoms. The second-order valence-corrected chi connectivity index (χ2v) is 3.32. The smallest absolute Gasteiger partial charge is 0.159 e. The van der Waals surface area contributed by atoms with Gasteiger partial charge in [-0.05, 0) is 24.0 Å². The molecule has 2 aliphatic carbocycles. The van der Waals surface area contributed by atoms with E-state index in [-0.39, 0.29) is 0 Å². The van der Waals surface area contributed by atoms with Crippen molar-refractivity contribution >= 4 is 5.78 Å². The summed E-state index contributed by atoms with van der Waals surface area (Å²) in [6.07, 6.45) is 6.47. The van der Waals surface area contributed by atoms with Crippen LogP contribution in [0.15, 0.2) is 23.5 Å². The molecule has 1 atom stereocenters. The molecule has 0 amide bonds. The van der Waals surface area contributed by atoms with Gasteiger partial charge in [0.1, 0.15) is 0 Å². The van der Waals surface area contributed by atoms with Gasteiger partial charge in [0.15, 0.2) is 5.78 Å². The molecule has 0 aromatic rings. The van der Waals surface area contributed by atoms with Crippen molar-refractivity contribution in [1.82, 2.24) is 0 Å². The molecule has 2 aliphatic rings. The molecule has 0 aliphatic heterocycles. The number of carbonyl (C=O) groups excluding carboxylic acids is 1. The van der Waals surface area contributed by atoms with E-state index < -0.39 is 0 Å². The largest absolute Gasteiger partial charge is 0.501 e. The Morgan fingerprint density at radius 2 is 2.33 bits per heavy atom. The molecule has 0 saturated heterocycles. The van der Waals surface area contributed by atoms with Crippen LogP contribution in [-0.2, 0) is 9.53 Å². The Morgan fingerprint density at radius 1 is 1.50 bits per heavy atom. The Labute approximate surface area is 71.9 Å². The maximum absolute atomic E-state index is 11.3. The quantitative estimate of drug-likeness (QED) is 0.591. The summed E-state index contributed by atoms with van der Waals surface area (Å²) >= 11 is 0. The molecule has 64 valence electrons. The van der Waals surface area contributed by atoms with Crippen molar-refractivity contribution in [2.45, 2.75) is 19.3 Å². The van der Waals surface area contributed by atoms with Crippen LogP contribution in [0.1, 0.15) is 19.3 Å². The number of fused-ring (bicyclic) bond motifs is 1. The van der Waals surface area contributed by atoms with E-state index in [0.717, 1.165) is 30.6 Å². The standard InChI is InChI=1S/C10H12O2/c1-12-8-3-4-9-7(6-8)2-5-10(9)11/h3-4,7H,2,5-6H2,1H3. The van der Waals surface area contributed by atoms with Crippen molar-refractivity contribution in [3.05, 3.63) is 23.5 Å². The molecule has 0 N–H and O–H groups in total. The Bertz CT molecular complexity index is 274. The van der Waals surface area contributed by atoms with Gasteiger partial charge in [0.2, 0.25) is 0 Å². The third-order valence-electron chi connectivity index (χ3n) is 2.64. The van der Waals surface area contributed by atoms with E-state index >= 15 is 0 Å². The van der Waals surface area contributed by atoms with Crippen molar-refractivity contribution in [3.8, 4) is 0 Å². The van der Waals surface area contributed by atoms with Gasteiger partial charge < -0.3 is 4.74 Å². The Kier molecular flexibility index (Phi) is 1.75. The topological polar surface area (TPSA) is 26.3 Å². The van der Waals surface area contributed by atoms with Crippen molar-refractivity contribution in [1.29, 1.82) is 0 Å². The first-order valence-corrected chi connectivity index (χ1v) is 4.29. The SMILES string of the molecule is COC1=CC=C2C(=O)CCC2C1. The molecular weight excluding hydrogens is 152 g/mol. The van der Waals surface area contributed by atoms with E-state index in [0.29, 0.717) is 11.7 Å². The second kappa shape index (κ2) is 2.77. The van der Waals surface area contributed by atoms with E-state index in [1.165, 1.54) is 0 Å². The average Bonchev–Trinajstić information content (AvgIpc) is 2.47. The monoisotopic (exact) mass is 164 g/mol. The number of allylic oxidation sites excluding steroid dienone is 4. The number of ketones is 1. The molecule has 2 nitrogen and oxygen atoms in total. The van der Waals surface area contributed by atoms with Crippen LogP contribution in [0.4, 0.5) is 0 Å². The van der Waals surface area contributed by atoms with E-state index in [4.69, 9.17) is 4.74 Å². The number of Topliss-reactive ketones (excluding diaryl/α,β-unsaturated/α-hetero) is 1. The molecule has 0 aromatic heterocycles. The van der Waals surface area contributed by atoms with Gasteiger partial charge in [0.05, 0.1) is 12.9 Å². The first kappa shape index (κ1) is 7.59. The van der Waals surface area contributed by atoms with E-state index in [9.17, 15) is 4.79 Å². The molecule has 0 heterocycles. The third-order valence-corrected chi connectivity index (χ3v) is 2.64. The molecule has 0 spiro atoms. The summed E-state index contributed by atoms with van der Waals surface area (Å²) < 4.78 is 5.14. The summed E-state index contributed by atoms with van der Waals surface area (Å²) in [7, 11) is 1.68. The maximum Gasteiger partial charge on any atom is 0.159 e. The zero-order chi connectivity index (χ0) is 8.55. The van der Waals surface area contributed by atoms with Crippen LogP contribution in [0.2, 0.25) is 0 Å². The Balaban J connectivity index is 2.24. The minimum Gasteiger partial charge on any atom is -0.501 e. The van der Waals surface area contributed by atoms with Crippen LogP contribution < -0.4 is 0 Å². The lowest BCUT2D eigenvalue weighted by molar-refractivity contribution is -0.114. The number of hydrogen-bond acceptors (Lipinski definition) is 2. The van der Waals surface area contributed by atoms with E-state index in [1.54, 1.807) is 7.11 Å². The normalized spacial score (nSPS) is 27.8. The molecule has 1 unspecified atom stereocenters. The zero-order valence-corrected chi connectivity index (χ0v) is 7.17. The van der Waals surface area contributed by atoms with Gasteiger partial charge in [-0.25, -0.2) is 0 Å². The highest BCUT2D eigenvalue weighted by molar-refractivity contribution is 5.98. The molecule has 0 bridgehead atoms. The lowest BCUT2D eigenvalue weighted by atomic mass is 9.93. The van der Waals surface area contributed by atoms with Crippen molar-refractivity contribution in [2.75, 3.05) is 7.11 Å². The zero-order valence-electron chi connectivity index (χ0n) is 7.17. The second-order valence-electron chi connectivity index (χ2n) is 3.32. The minimum atomic E-state index is 0.325. The lowest BCUT2D eigenvalue weighted by Gasteiger charge is -2.16. The fourth-order valence-corrected chi connectivity index (χ4v) is 1.92. The fourth-order valence-electron chi connectivity index (χ4n) is 1.92. The fraction of sp³-hybridized carbons (Fsp3) is 0.500. The van der Waals surface area contributed by atoms with Crippen LogP contribution in [0.3, 0.4) is 0 Å². The van der Waals surface area contributed by atoms with Gasteiger partial charge in [0, 0.05) is 12.8 Å². The summed E-state index contributed by atoms with van der Waals surface area (Å²) in [5.74, 6) is 1.77. The summed E-state index contributed by atoms with van der Waals surface area (Å²) in [5, 5.41) is 0. The molecule has 0 radical (unpaired) electrons. The highest BCUT2D eigenvalue weighted by Crippen LogP contribution is 2.35. The van der Waals surface area contributed by atoms with Crippen LogP contribution in [-0.4, -0.2) is 12.9 Å². The summed E-state index contributed by atoms with van der Waals surface area (Å²) in [6.45, 7) is 0. The first-order chi connectivity index (χ1) is 5.81. The average molecular weight is 164 g/mol. The van der Waals surface area contributed by atoms with Gasteiger partial charge in [-0.2, -0.15) is 0 Å². The van der Waals surface area contributed by atoms with Crippen molar-refractivity contribution in [2.24, 2.45) is 5.92 Å². The predicted octanol–water partition coefficient (Wildman–Crippen LogP) is 1.83. The number of hydrogen-bond donors (Lipinski definition) is 0. The van der Waals surface area contributed by atoms with Crippen LogP contribution in [0.5, 0.6) is 0 Å². The molecule has 1 saturated carbocycles. The minimum absolute atomic E-state index is 0.325. The van der Waals surface area contributed by atoms with Crippen LogP contribution in [0.25, 0.3) is 0 Å². The Hall–Kier alpha value is -1.05. The number of carbonyl (C=O) groups is 1. The Morgan fingerprint density at radius 3 is 3.08 bits per heavy atom. The van der Waals surface area contributed by atoms with Crippen molar-refractivity contribution < 1.29 is 9.53 Å². The highest BCUT2D eigenvalue weighted by atomic mass is 16.5. The van der Waals surface area contributed by atoms with Gasteiger partial charge >= 0.3 is 0 Å². The maximum atomic E-state index is 11.3. The highest BCUT2D eigenvalue weighted by Gasteiger charge is 2.30. The summed E-state index contributed by atoms with van der Waals surface area (Å²) in [6, 6.07) is 0. The van der Waals surface area contributed by atoms with Gasteiger partial charge in [0.25, 0.3) is 0 Å². The number of methoxy groups -OCH3 is 1. The molecular formula is C10H12O2. The summed E-state index contributed by atoms with van der Waals surface area (Å²) in [4.78, 5) is 11.3. The van der Waals surface area contributed by atoms with Crippen LogP contribution >= 0.6 is 0 Å². The number of rotatable bonds is 1. The molecule has 0 aromatic carbocycles. The summed E-state index contributed by atoms with van der Waals surface area (Å²) in [5.41, 5.74) is 1.01. The lowest BCUT2D eigenvalue weighted by Crippen LogP contribution is -2.07. The predicted molar refractivity (Wildman–Crippen MR) is 45.5 cm³/mol. The first-order valence-electron chi connectivity index (χ1n) is 4.29. The van der Waals surface area contributed by atoms with E-state index in [2.05, 4.69) is 0 Å². The van der Waals surface area contributed by atoms with Gasteiger partial charge in [-0.3, -0.25) is 4.79 Å². The third kappa shape index (κ3) is 1.07. The molecule has 2 rings (SSSR count). The number of ether oxygens (including phenoxy) is 1. The molecule has 1 fully saturated rings. The van der Waals surface area contributed by atoms with Crippen molar-refractivity contribution in [3.63, 3.8) is 0 Å².